The number of oxazole rings is 1. The van der Waals surface area contributed by atoms with Gasteiger partial charge in [-0.1, -0.05) is 30.3 Å². The second-order valence-corrected chi connectivity index (χ2v) is 6.89. The van der Waals surface area contributed by atoms with Crippen LogP contribution >= 0.6 is 0 Å². The van der Waals surface area contributed by atoms with Crippen molar-refractivity contribution >= 4 is 0 Å². The third-order valence-electron chi connectivity index (χ3n) is 4.77. The highest BCUT2D eigenvalue weighted by molar-refractivity contribution is 5.66. The van der Waals surface area contributed by atoms with Crippen molar-refractivity contribution in [3.8, 4) is 28.3 Å². The molecule has 0 aliphatic carbocycles. The second kappa shape index (κ2) is 7.48. The van der Waals surface area contributed by atoms with E-state index < -0.39 is 5.76 Å². The van der Waals surface area contributed by atoms with Gasteiger partial charge in [0.05, 0.1) is 23.8 Å². The van der Waals surface area contributed by atoms with Gasteiger partial charge in [0.1, 0.15) is 18.6 Å². The van der Waals surface area contributed by atoms with Gasteiger partial charge in [0.15, 0.2) is 11.6 Å². The lowest BCUT2D eigenvalue weighted by atomic mass is 10.1. The Morgan fingerprint density at radius 2 is 1.81 bits per heavy atom. The number of H-pyrrole nitrogens is 1. The monoisotopic (exact) mass is 417 g/mol. The quantitative estimate of drug-likeness (QED) is 0.471. The van der Waals surface area contributed by atoms with Gasteiger partial charge in [-0.25, -0.2) is 18.9 Å². The minimum atomic E-state index is -0.516. The molecular formula is C21H16FN7O2. The van der Waals surface area contributed by atoms with E-state index in [1.807, 2.05) is 31.2 Å². The Bertz CT molecular complexity index is 1400. The molecule has 1 N–H and O–H groups in total. The summed E-state index contributed by atoms with van der Waals surface area (Å²) in [5.74, 6) is 0.148. The molecule has 0 unspecified atom stereocenters. The number of halogens is 1. The lowest BCUT2D eigenvalue weighted by molar-refractivity contribution is 0.515. The smallest absolute Gasteiger partial charge is 0.416 e. The minimum absolute atomic E-state index is 0.274. The van der Waals surface area contributed by atoms with Gasteiger partial charge in [-0.05, 0) is 24.6 Å². The molecule has 154 valence electrons. The van der Waals surface area contributed by atoms with E-state index >= 15 is 0 Å². The van der Waals surface area contributed by atoms with E-state index in [1.165, 1.54) is 23.2 Å². The highest BCUT2D eigenvalue weighted by Crippen LogP contribution is 2.26. The fourth-order valence-electron chi connectivity index (χ4n) is 3.26. The fraction of sp³-hybridized carbons (Fsp3) is 0.0952. The molecule has 0 saturated heterocycles. The maximum atomic E-state index is 14.0. The summed E-state index contributed by atoms with van der Waals surface area (Å²) < 4.78 is 20.4. The van der Waals surface area contributed by atoms with E-state index in [2.05, 4.69) is 25.3 Å². The van der Waals surface area contributed by atoms with E-state index in [-0.39, 0.29) is 12.4 Å². The van der Waals surface area contributed by atoms with E-state index in [0.717, 1.165) is 16.7 Å². The van der Waals surface area contributed by atoms with Crippen molar-refractivity contribution in [1.82, 2.24) is 34.7 Å². The van der Waals surface area contributed by atoms with Crippen LogP contribution in [0.3, 0.4) is 0 Å². The van der Waals surface area contributed by atoms with Gasteiger partial charge in [0.2, 0.25) is 0 Å². The highest BCUT2D eigenvalue weighted by Gasteiger charge is 2.17. The molecule has 5 aromatic rings. The Morgan fingerprint density at radius 3 is 2.52 bits per heavy atom. The molecule has 0 amide bonds. The average molecular weight is 417 g/mol. The summed E-state index contributed by atoms with van der Waals surface area (Å²) >= 11 is 0. The largest absolute Gasteiger partial charge is 0.416 e. The molecule has 0 radical (unpaired) electrons. The summed E-state index contributed by atoms with van der Waals surface area (Å²) in [6, 6.07) is 11.9. The topological polar surface area (TPSA) is 107 Å². The molecule has 0 saturated carbocycles. The van der Waals surface area contributed by atoms with Gasteiger partial charge in [-0.2, -0.15) is 15.0 Å². The number of nitrogens with zero attached hydrogens (tertiary/aromatic N) is 6. The summed E-state index contributed by atoms with van der Waals surface area (Å²) in [5.41, 5.74) is 3.56. The zero-order valence-electron chi connectivity index (χ0n) is 16.4. The number of aromatic nitrogens is 7. The predicted octanol–water partition coefficient (Wildman–Crippen LogP) is 2.97. The number of nitrogens with one attached hydrogen (secondary N) is 1. The number of aromatic amines is 1. The summed E-state index contributed by atoms with van der Waals surface area (Å²) in [4.78, 5) is 20.0. The molecule has 9 nitrogen and oxygen atoms in total. The lowest BCUT2D eigenvalue weighted by Crippen LogP contribution is -2.06. The summed E-state index contributed by atoms with van der Waals surface area (Å²) in [5, 5.41) is 12.8. The average Bonchev–Trinajstić information content (AvgIpc) is 3.52. The maximum absolute atomic E-state index is 14.0. The zero-order chi connectivity index (χ0) is 21.4. The molecule has 3 aromatic heterocycles. The Hall–Kier alpha value is -4.34. The van der Waals surface area contributed by atoms with Crippen molar-refractivity contribution in [1.29, 1.82) is 0 Å². The van der Waals surface area contributed by atoms with Crippen molar-refractivity contribution in [2.24, 2.45) is 0 Å². The van der Waals surface area contributed by atoms with Gasteiger partial charge in [-0.15, -0.1) is 5.10 Å². The van der Waals surface area contributed by atoms with Gasteiger partial charge < -0.3 is 4.42 Å². The molecule has 0 bridgehead atoms. The van der Waals surface area contributed by atoms with Crippen LogP contribution in [0.25, 0.3) is 28.3 Å². The predicted molar refractivity (Wildman–Crippen MR) is 109 cm³/mol. The third kappa shape index (κ3) is 3.66. The van der Waals surface area contributed by atoms with Crippen molar-refractivity contribution in [3.05, 3.63) is 88.9 Å². The maximum Gasteiger partial charge on any atom is 0.416 e. The third-order valence-corrected chi connectivity index (χ3v) is 4.77. The minimum Gasteiger partial charge on any atom is -0.416 e. The van der Waals surface area contributed by atoms with Crippen LogP contribution in [0.1, 0.15) is 11.4 Å². The Morgan fingerprint density at radius 1 is 1.06 bits per heavy atom. The van der Waals surface area contributed by atoms with Crippen molar-refractivity contribution < 1.29 is 8.81 Å². The van der Waals surface area contributed by atoms with E-state index in [1.54, 1.807) is 23.1 Å². The number of benzene rings is 2. The molecule has 0 spiro atoms. The zero-order valence-corrected chi connectivity index (χ0v) is 16.4. The van der Waals surface area contributed by atoms with Crippen LogP contribution in [0.5, 0.6) is 0 Å². The van der Waals surface area contributed by atoms with E-state index in [9.17, 15) is 9.18 Å². The Labute approximate surface area is 174 Å². The van der Waals surface area contributed by atoms with E-state index in [4.69, 9.17) is 4.42 Å². The molecule has 5 rings (SSSR count). The van der Waals surface area contributed by atoms with Crippen LogP contribution in [0.4, 0.5) is 4.39 Å². The van der Waals surface area contributed by atoms with Crippen LogP contribution in [0.2, 0.25) is 0 Å². The number of hydrogen-bond acceptors (Lipinski definition) is 6. The number of rotatable bonds is 5. The molecule has 31 heavy (non-hydrogen) atoms. The van der Waals surface area contributed by atoms with Gasteiger partial charge in [0.25, 0.3) is 0 Å². The van der Waals surface area contributed by atoms with Crippen molar-refractivity contribution in [3.63, 3.8) is 0 Å². The Kier molecular flexibility index (Phi) is 4.51. The summed E-state index contributed by atoms with van der Waals surface area (Å²) in [6.07, 6.45) is 4.52. The molecule has 10 heteroatoms. The summed E-state index contributed by atoms with van der Waals surface area (Å²) in [7, 11) is 0. The first-order valence-corrected chi connectivity index (χ1v) is 9.42. The normalized spacial score (nSPS) is 11.2. The van der Waals surface area contributed by atoms with Crippen LogP contribution < -0.4 is 5.76 Å². The Balaban J connectivity index is 1.60. The molecular weight excluding hydrogens is 401 g/mol. The summed E-state index contributed by atoms with van der Waals surface area (Å²) in [6.45, 7) is 2.16. The molecule has 3 heterocycles. The van der Waals surface area contributed by atoms with Crippen molar-refractivity contribution in [2.75, 3.05) is 0 Å². The molecule has 0 aliphatic rings. The van der Waals surface area contributed by atoms with Gasteiger partial charge in [-0.3, -0.25) is 4.98 Å². The second-order valence-electron chi connectivity index (χ2n) is 6.89. The van der Waals surface area contributed by atoms with Gasteiger partial charge >= 0.3 is 5.76 Å². The standard InChI is InChI=1S/C21H16FN7O2/c1-13-2-7-16(22)10-18(13)29-20(26-19(27-29)11-28-23-8-9-24-28)15-5-3-14(4-6-15)17-12-31-21(30)25-17/h2-10,12H,11H2,1H3,(H,25,30). The molecule has 0 fully saturated rings. The number of aryl methyl sites for hydroxylation is 1. The molecule has 0 atom stereocenters. The van der Waals surface area contributed by atoms with Gasteiger partial charge in [0, 0.05) is 11.1 Å². The van der Waals surface area contributed by atoms with Crippen molar-refractivity contribution in [2.45, 2.75) is 13.5 Å². The first-order chi connectivity index (χ1) is 15.1. The van der Waals surface area contributed by atoms with Crippen LogP contribution in [-0.2, 0) is 6.54 Å². The highest BCUT2D eigenvalue weighted by atomic mass is 19.1. The fourth-order valence-corrected chi connectivity index (χ4v) is 3.26. The van der Waals surface area contributed by atoms with Crippen LogP contribution in [0.15, 0.2) is 70.3 Å². The van der Waals surface area contributed by atoms with Crippen LogP contribution in [0, 0.1) is 12.7 Å². The first kappa shape index (κ1) is 18.7. The molecule has 2 aromatic carbocycles. The SMILES string of the molecule is Cc1ccc(F)cc1-n1nc(Cn2nccn2)nc1-c1ccc(-c2coc(=O)[nH]2)cc1. The number of hydrogen-bond donors (Lipinski definition) is 1. The molecule has 0 aliphatic heterocycles. The van der Waals surface area contributed by atoms with Crippen LogP contribution in [-0.4, -0.2) is 34.7 Å². The first-order valence-electron chi connectivity index (χ1n) is 9.42. The van der Waals surface area contributed by atoms with E-state index in [0.29, 0.717) is 23.0 Å². The lowest BCUT2D eigenvalue weighted by Gasteiger charge is -2.09.